The zero-order valence-corrected chi connectivity index (χ0v) is 17.6. The molecule has 0 heterocycles. The normalized spacial score (nSPS) is 13.4. The largest absolute Gasteiger partial charge is 0.388 e. The molecule has 2 nitrogen and oxygen atoms in total. The topological polar surface area (TPSA) is 37.3 Å². The van der Waals surface area contributed by atoms with Crippen molar-refractivity contribution in [2.45, 2.75) is 18.4 Å². The molecular weight excluding hydrogens is 380 g/mol. The number of carbonyl (C=O) groups is 1. The van der Waals surface area contributed by atoms with Gasteiger partial charge in [-0.1, -0.05) is 128 Å². The number of carbonyl (C=O) groups excluding carboxylic acids is 1. The highest BCUT2D eigenvalue weighted by atomic mass is 16.3. The van der Waals surface area contributed by atoms with Gasteiger partial charge >= 0.3 is 0 Å². The van der Waals surface area contributed by atoms with Gasteiger partial charge in [-0.3, -0.25) is 4.79 Å². The molecule has 0 aromatic heterocycles. The number of aliphatic hydroxyl groups is 1. The summed E-state index contributed by atoms with van der Waals surface area (Å²) in [5.74, 6) is -0.657. The van der Waals surface area contributed by atoms with Gasteiger partial charge in [0.05, 0.1) is 6.10 Å². The van der Waals surface area contributed by atoms with Crippen molar-refractivity contribution in [2.75, 3.05) is 0 Å². The Morgan fingerprint density at radius 1 is 0.613 bits per heavy atom. The highest BCUT2D eigenvalue weighted by Gasteiger charge is 2.46. The average molecular weight is 407 g/mol. The molecule has 154 valence electrons. The van der Waals surface area contributed by atoms with Crippen LogP contribution in [-0.4, -0.2) is 10.9 Å². The first-order chi connectivity index (χ1) is 15.2. The summed E-state index contributed by atoms with van der Waals surface area (Å²) in [4.78, 5) is 14.4. The smallest absolute Gasteiger partial charge is 0.157 e. The van der Waals surface area contributed by atoms with E-state index in [1.807, 2.05) is 128 Å². The van der Waals surface area contributed by atoms with Crippen LogP contribution in [0.2, 0.25) is 0 Å². The maximum atomic E-state index is 14.4. The van der Waals surface area contributed by atoms with E-state index < -0.39 is 17.4 Å². The molecule has 4 aromatic carbocycles. The number of ketones is 1. The van der Waals surface area contributed by atoms with Crippen molar-refractivity contribution in [1.82, 2.24) is 0 Å². The summed E-state index contributed by atoms with van der Waals surface area (Å²) >= 11 is 0. The molecule has 1 N–H and O–H groups in total. The molecular formula is C29H26O2. The molecule has 0 unspecified atom stereocenters. The number of Topliss-reactive ketones (excluding diaryl/α,β-unsaturated/α-hetero) is 1. The van der Waals surface area contributed by atoms with Gasteiger partial charge in [0, 0.05) is 5.92 Å². The van der Waals surface area contributed by atoms with Crippen LogP contribution >= 0.6 is 0 Å². The monoisotopic (exact) mass is 406 g/mol. The van der Waals surface area contributed by atoms with Crippen LogP contribution in [0.4, 0.5) is 0 Å². The minimum Gasteiger partial charge on any atom is -0.388 e. The molecule has 0 aliphatic carbocycles. The molecule has 4 aromatic rings. The minimum atomic E-state index is -1.03. The fourth-order valence-corrected chi connectivity index (χ4v) is 4.42. The fraction of sp³-hybridized carbons (Fsp3) is 0.138. The average Bonchev–Trinajstić information content (AvgIpc) is 2.86. The molecule has 0 saturated heterocycles. The summed E-state index contributed by atoms with van der Waals surface area (Å²) in [6, 6.07) is 39.0. The van der Waals surface area contributed by atoms with Crippen molar-refractivity contribution in [2.24, 2.45) is 5.92 Å². The van der Waals surface area contributed by atoms with Crippen molar-refractivity contribution < 1.29 is 9.90 Å². The lowest BCUT2D eigenvalue weighted by molar-refractivity contribution is -0.129. The molecule has 0 spiro atoms. The van der Waals surface area contributed by atoms with E-state index in [0.29, 0.717) is 0 Å². The van der Waals surface area contributed by atoms with Crippen LogP contribution in [0, 0.1) is 5.92 Å². The van der Waals surface area contributed by atoms with Gasteiger partial charge in [0.2, 0.25) is 0 Å². The second kappa shape index (κ2) is 9.11. The van der Waals surface area contributed by atoms with E-state index in [2.05, 4.69) is 0 Å². The van der Waals surface area contributed by atoms with Crippen LogP contribution in [0.5, 0.6) is 0 Å². The number of benzene rings is 4. The second-order valence-corrected chi connectivity index (χ2v) is 7.86. The van der Waals surface area contributed by atoms with Gasteiger partial charge in [0.15, 0.2) is 5.78 Å². The van der Waals surface area contributed by atoms with Crippen molar-refractivity contribution in [3.05, 3.63) is 144 Å². The Kier molecular flexibility index (Phi) is 6.11. The van der Waals surface area contributed by atoms with Gasteiger partial charge in [0.25, 0.3) is 0 Å². The highest BCUT2D eigenvalue weighted by Crippen LogP contribution is 2.43. The lowest BCUT2D eigenvalue weighted by Crippen LogP contribution is -2.43. The molecule has 31 heavy (non-hydrogen) atoms. The predicted molar refractivity (Wildman–Crippen MR) is 125 cm³/mol. The third-order valence-electron chi connectivity index (χ3n) is 6.02. The number of rotatable bonds is 7. The number of hydrogen-bond donors (Lipinski definition) is 1. The molecule has 2 heteroatoms. The maximum Gasteiger partial charge on any atom is 0.157 e. The zero-order valence-electron chi connectivity index (χ0n) is 17.6. The maximum absolute atomic E-state index is 14.4. The Morgan fingerprint density at radius 3 is 1.29 bits per heavy atom. The van der Waals surface area contributed by atoms with Crippen LogP contribution < -0.4 is 0 Å². The van der Waals surface area contributed by atoms with Crippen LogP contribution in [0.1, 0.15) is 35.3 Å². The van der Waals surface area contributed by atoms with Gasteiger partial charge in [-0.15, -0.1) is 0 Å². The van der Waals surface area contributed by atoms with Crippen molar-refractivity contribution in [3.63, 3.8) is 0 Å². The third-order valence-corrected chi connectivity index (χ3v) is 6.02. The molecule has 2 atom stereocenters. The third kappa shape index (κ3) is 3.83. The summed E-state index contributed by atoms with van der Waals surface area (Å²) in [6.07, 6.45) is -0.899. The van der Waals surface area contributed by atoms with E-state index in [9.17, 15) is 9.90 Å². The number of hydrogen-bond acceptors (Lipinski definition) is 2. The summed E-state index contributed by atoms with van der Waals surface area (Å²) in [7, 11) is 0. The van der Waals surface area contributed by atoms with Gasteiger partial charge in [-0.05, 0) is 22.3 Å². The van der Waals surface area contributed by atoms with Gasteiger partial charge < -0.3 is 5.11 Å². The lowest BCUT2D eigenvalue weighted by atomic mass is 9.63. The first-order valence-corrected chi connectivity index (χ1v) is 10.6. The predicted octanol–water partition coefficient (Wildman–Crippen LogP) is 5.96. The Balaban J connectivity index is 1.95. The fourth-order valence-electron chi connectivity index (χ4n) is 4.42. The molecule has 0 aliphatic rings. The molecule has 4 rings (SSSR count). The molecule has 0 amide bonds. The van der Waals surface area contributed by atoms with Gasteiger partial charge in [-0.2, -0.15) is 0 Å². The quantitative estimate of drug-likeness (QED) is 0.385. The molecule has 0 saturated carbocycles. The van der Waals surface area contributed by atoms with Crippen LogP contribution in [-0.2, 0) is 10.2 Å². The van der Waals surface area contributed by atoms with Crippen molar-refractivity contribution >= 4 is 5.78 Å². The Labute approximate surface area is 183 Å². The van der Waals surface area contributed by atoms with Crippen LogP contribution in [0.15, 0.2) is 121 Å². The molecule has 0 fully saturated rings. The van der Waals surface area contributed by atoms with Crippen LogP contribution in [0.3, 0.4) is 0 Å². The molecule has 0 aliphatic heterocycles. The van der Waals surface area contributed by atoms with Crippen molar-refractivity contribution in [3.8, 4) is 0 Å². The van der Waals surface area contributed by atoms with E-state index in [1.54, 1.807) is 0 Å². The standard InChI is InChI=1S/C29H26O2/c1-22(27(30)23-14-6-2-7-15-23)28(31)29(24-16-8-3-9-17-24,25-18-10-4-11-19-25)26-20-12-5-13-21-26/h2-22,27,30H,1H3/t22-,27+/m1/s1. The first kappa shape index (κ1) is 20.8. The number of aliphatic hydroxyl groups excluding tert-OH is 1. The summed E-state index contributed by atoms with van der Waals surface area (Å²) < 4.78 is 0. The van der Waals surface area contributed by atoms with Gasteiger partial charge in [-0.25, -0.2) is 0 Å². The van der Waals surface area contributed by atoms with E-state index in [1.165, 1.54) is 0 Å². The Hall–Kier alpha value is -3.49. The minimum absolute atomic E-state index is 0.0348. The van der Waals surface area contributed by atoms with E-state index in [4.69, 9.17) is 0 Å². The summed E-state index contributed by atoms with van der Waals surface area (Å²) in [5, 5.41) is 11.1. The van der Waals surface area contributed by atoms with Gasteiger partial charge in [0.1, 0.15) is 5.41 Å². The van der Waals surface area contributed by atoms with E-state index >= 15 is 0 Å². The first-order valence-electron chi connectivity index (χ1n) is 10.6. The van der Waals surface area contributed by atoms with Crippen molar-refractivity contribution in [1.29, 1.82) is 0 Å². The summed E-state index contributed by atoms with van der Waals surface area (Å²) in [5.41, 5.74) is 2.39. The molecule has 0 radical (unpaired) electrons. The SMILES string of the molecule is C[C@@H](C(=O)C(c1ccccc1)(c1ccccc1)c1ccccc1)[C@H](O)c1ccccc1. The van der Waals surface area contributed by atoms with E-state index in [0.717, 1.165) is 22.3 Å². The lowest BCUT2D eigenvalue weighted by Gasteiger charge is -2.37. The zero-order chi connectivity index (χ0) is 21.7. The highest BCUT2D eigenvalue weighted by molar-refractivity contribution is 5.99. The second-order valence-electron chi connectivity index (χ2n) is 7.86. The molecule has 0 bridgehead atoms. The summed E-state index contributed by atoms with van der Waals surface area (Å²) in [6.45, 7) is 1.82. The van der Waals surface area contributed by atoms with E-state index in [-0.39, 0.29) is 5.78 Å². The van der Waals surface area contributed by atoms with Crippen LogP contribution in [0.25, 0.3) is 0 Å². The Bertz CT molecular complexity index is 1010. The Morgan fingerprint density at radius 2 is 0.935 bits per heavy atom.